The molecule has 0 atom stereocenters. The molecule has 2 aromatic rings. The lowest BCUT2D eigenvalue weighted by atomic mass is 10.1. The van der Waals surface area contributed by atoms with E-state index in [0.717, 1.165) is 16.1 Å². The molecule has 2 rings (SSSR count). The smallest absolute Gasteiger partial charge is 0.212 e. The van der Waals surface area contributed by atoms with Crippen LogP contribution >= 0.6 is 11.3 Å². The van der Waals surface area contributed by atoms with Crippen molar-refractivity contribution in [3.05, 3.63) is 51.5 Å². The Kier molecular flexibility index (Phi) is 2.64. The van der Waals surface area contributed by atoms with E-state index < -0.39 is 0 Å². The number of hydrogen-bond acceptors (Lipinski definition) is 3. The average Bonchev–Trinajstić information content (AvgIpc) is 2.63. The minimum Gasteiger partial charge on any atom is -0.287 e. The molecule has 0 aromatic carbocycles. The zero-order valence-corrected chi connectivity index (χ0v) is 9.47. The average molecular weight is 217 g/mol. The zero-order chi connectivity index (χ0) is 10.8. The van der Waals surface area contributed by atoms with Gasteiger partial charge in [0.1, 0.15) is 5.69 Å². The normalized spacial score (nSPS) is 10.3. The van der Waals surface area contributed by atoms with E-state index in [4.69, 9.17) is 0 Å². The van der Waals surface area contributed by atoms with Crippen molar-refractivity contribution in [3.63, 3.8) is 0 Å². The molecule has 0 fully saturated rings. The van der Waals surface area contributed by atoms with E-state index >= 15 is 0 Å². The summed E-state index contributed by atoms with van der Waals surface area (Å²) in [6.45, 7) is 3.84. The van der Waals surface area contributed by atoms with Crippen molar-refractivity contribution < 1.29 is 4.79 Å². The van der Waals surface area contributed by atoms with Crippen molar-refractivity contribution in [1.29, 1.82) is 0 Å². The van der Waals surface area contributed by atoms with Crippen molar-refractivity contribution in [1.82, 2.24) is 4.98 Å². The maximum absolute atomic E-state index is 12.0. The van der Waals surface area contributed by atoms with E-state index in [2.05, 4.69) is 4.98 Å². The monoisotopic (exact) mass is 217 g/mol. The molecule has 0 aliphatic carbocycles. The van der Waals surface area contributed by atoms with Gasteiger partial charge in [0, 0.05) is 16.1 Å². The van der Waals surface area contributed by atoms with Crippen LogP contribution < -0.4 is 0 Å². The fourth-order valence-corrected chi connectivity index (χ4v) is 2.12. The van der Waals surface area contributed by atoms with Gasteiger partial charge in [0.25, 0.3) is 0 Å². The zero-order valence-electron chi connectivity index (χ0n) is 8.65. The minimum absolute atomic E-state index is 0.0115. The lowest BCUT2D eigenvalue weighted by molar-refractivity contribution is 0.103. The SMILES string of the molecule is Cc1cccc(C(=O)c2ccsc2C)n1. The summed E-state index contributed by atoms with van der Waals surface area (Å²) >= 11 is 1.58. The standard InChI is InChI=1S/C12H11NOS/c1-8-4-3-5-11(13-8)12(14)10-6-7-15-9(10)2/h3-7H,1-2H3. The number of carbonyl (C=O) groups excluding carboxylic acids is 1. The molecule has 0 saturated heterocycles. The topological polar surface area (TPSA) is 30.0 Å². The van der Waals surface area contributed by atoms with Gasteiger partial charge < -0.3 is 0 Å². The van der Waals surface area contributed by atoms with Crippen molar-refractivity contribution in [2.45, 2.75) is 13.8 Å². The third-order valence-electron chi connectivity index (χ3n) is 2.22. The molecule has 15 heavy (non-hydrogen) atoms. The Bertz CT molecular complexity index is 502. The number of nitrogens with zero attached hydrogens (tertiary/aromatic N) is 1. The van der Waals surface area contributed by atoms with E-state index in [1.807, 2.05) is 37.4 Å². The summed E-state index contributed by atoms with van der Waals surface area (Å²) in [6, 6.07) is 7.35. The Hall–Kier alpha value is -1.48. The second kappa shape index (κ2) is 3.95. The van der Waals surface area contributed by atoms with Crippen molar-refractivity contribution in [2.75, 3.05) is 0 Å². The molecule has 2 heterocycles. The van der Waals surface area contributed by atoms with Crippen LogP contribution in [0.15, 0.2) is 29.6 Å². The van der Waals surface area contributed by atoms with Crippen LogP contribution in [0.25, 0.3) is 0 Å². The van der Waals surface area contributed by atoms with E-state index in [-0.39, 0.29) is 5.78 Å². The Labute approximate surface area is 92.6 Å². The van der Waals surface area contributed by atoms with Gasteiger partial charge in [0.05, 0.1) is 0 Å². The van der Waals surface area contributed by atoms with Crippen LogP contribution in [0.3, 0.4) is 0 Å². The van der Waals surface area contributed by atoms with Crippen LogP contribution in [-0.4, -0.2) is 10.8 Å². The van der Waals surface area contributed by atoms with E-state index in [9.17, 15) is 4.79 Å². The Balaban J connectivity index is 2.41. The number of aromatic nitrogens is 1. The van der Waals surface area contributed by atoms with Gasteiger partial charge >= 0.3 is 0 Å². The lowest BCUT2D eigenvalue weighted by Crippen LogP contribution is -2.04. The van der Waals surface area contributed by atoms with Gasteiger partial charge in [-0.15, -0.1) is 11.3 Å². The first-order valence-electron chi connectivity index (χ1n) is 4.71. The van der Waals surface area contributed by atoms with Crippen molar-refractivity contribution in [3.8, 4) is 0 Å². The molecule has 0 amide bonds. The Morgan fingerprint density at radius 3 is 2.67 bits per heavy atom. The summed E-state index contributed by atoms with van der Waals surface area (Å²) in [5, 5.41) is 1.93. The van der Waals surface area contributed by atoms with Crippen LogP contribution in [0.5, 0.6) is 0 Å². The number of thiophene rings is 1. The molecule has 0 aliphatic rings. The second-order valence-corrected chi connectivity index (χ2v) is 4.50. The molecular formula is C12H11NOS. The minimum atomic E-state index is 0.0115. The van der Waals surface area contributed by atoms with E-state index in [1.54, 1.807) is 17.4 Å². The van der Waals surface area contributed by atoms with Gasteiger partial charge in [-0.2, -0.15) is 0 Å². The van der Waals surface area contributed by atoms with Crippen LogP contribution in [-0.2, 0) is 0 Å². The summed E-state index contributed by atoms with van der Waals surface area (Å²) in [5.74, 6) is 0.0115. The molecule has 76 valence electrons. The number of carbonyl (C=O) groups is 1. The summed E-state index contributed by atoms with van der Waals surface area (Å²) < 4.78 is 0. The molecule has 0 aliphatic heterocycles. The number of rotatable bonds is 2. The van der Waals surface area contributed by atoms with Gasteiger partial charge in [-0.1, -0.05) is 6.07 Å². The quantitative estimate of drug-likeness (QED) is 0.724. The maximum atomic E-state index is 12.0. The fraction of sp³-hybridized carbons (Fsp3) is 0.167. The van der Waals surface area contributed by atoms with Crippen LogP contribution in [0.4, 0.5) is 0 Å². The molecule has 0 unspecified atom stereocenters. The molecule has 0 bridgehead atoms. The van der Waals surface area contributed by atoms with Crippen LogP contribution in [0.1, 0.15) is 26.6 Å². The first-order chi connectivity index (χ1) is 7.18. The molecule has 3 heteroatoms. The molecule has 0 radical (unpaired) electrons. The highest BCUT2D eigenvalue weighted by Crippen LogP contribution is 2.18. The summed E-state index contributed by atoms with van der Waals surface area (Å²) in [4.78, 5) is 17.3. The number of ketones is 1. The molecular weight excluding hydrogens is 206 g/mol. The van der Waals surface area contributed by atoms with Gasteiger partial charge in [-0.25, -0.2) is 4.98 Å². The largest absolute Gasteiger partial charge is 0.287 e. The van der Waals surface area contributed by atoms with E-state index in [1.165, 1.54) is 0 Å². The molecule has 0 spiro atoms. The molecule has 2 aromatic heterocycles. The van der Waals surface area contributed by atoms with Gasteiger partial charge in [0.2, 0.25) is 5.78 Å². The highest BCUT2D eigenvalue weighted by molar-refractivity contribution is 7.10. The molecule has 0 saturated carbocycles. The van der Waals surface area contributed by atoms with Crippen molar-refractivity contribution >= 4 is 17.1 Å². The highest BCUT2D eigenvalue weighted by Gasteiger charge is 2.13. The van der Waals surface area contributed by atoms with Crippen LogP contribution in [0, 0.1) is 13.8 Å². The molecule has 2 nitrogen and oxygen atoms in total. The number of pyridine rings is 1. The fourth-order valence-electron chi connectivity index (χ4n) is 1.43. The van der Waals surface area contributed by atoms with E-state index in [0.29, 0.717) is 5.69 Å². The van der Waals surface area contributed by atoms with Crippen LogP contribution in [0.2, 0.25) is 0 Å². The predicted molar refractivity (Wildman–Crippen MR) is 61.5 cm³/mol. The Morgan fingerprint density at radius 1 is 1.27 bits per heavy atom. The molecule has 0 N–H and O–H groups in total. The number of hydrogen-bond donors (Lipinski definition) is 0. The predicted octanol–water partition coefficient (Wildman–Crippen LogP) is 2.99. The Morgan fingerprint density at radius 2 is 2.07 bits per heavy atom. The third-order valence-corrected chi connectivity index (χ3v) is 3.07. The number of aryl methyl sites for hydroxylation is 2. The lowest BCUT2D eigenvalue weighted by Gasteiger charge is -2.00. The summed E-state index contributed by atoms with van der Waals surface area (Å²) in [5.41, 5.74) is 2.16. The summed E-state index contributed by atoms with van der Waals surface area (Å²) in [6.07, 6.45) is 0. The highest BCUT2D eigenvalue weighted by atomic mass is 32.1. The van der Waals surface area contributed by atoms with Gasteiger partial charge in [0.15, 0.2) is 0 Å². The summed E-state index contributed by atoms with van der Waals surface area (Å²) in [7, 11) is 0. The van der Waals surface area contributed by atoms with Gasteiger partial charge in [-0.3, -0.25) is 4.79 Å². The third kappa shape index (κ3) is 1.97. The van der Waals surface area contributed by atoms with Gasteiger partial charge in [-0.05, 0) is 37.4 Å². The second-order valence-electron chi connectivity index (χ2n) is 3.38. The van der Waals surface area contributed by atoms with Crippen molar-refractivity contribution in [2.24, 2.45) is 0 Å². The first-order valence-corrected chi connectivity index (χ1v) is 5.59. The first kappa shape index (κ1) is 10.1. The maximum Gasteiger partial charge on any atom is 0.212 e.